The number of hydrogen-bond acceptors (Lipinski definition) is 5. The molecule has 0 spiro atoms. The van der Waals surface area contributed by atoms with Gasteiger partial charge in [0.15, 0.2) is 6.61 Å². The summed E-state index contributed by atoms with van der Waals surface area (Å²) in [6.45, 7) is 7.47. The van der Waals surface area contributed by atoms with E-state index in [1.165, 1.54) is 25.2 Å². The normalized spacial score (nSPS) is 11.1. The first-order valence-electron chi connectivity index (χ1n) is 10.3. The zero-order chi connectivity index (χ0) is 24.2. The molecule has 2 aromatic carbocycles. The van der Waals surface area contributed by atoms with Crippen LogP contribution in [0.3, 0.4) is 0 Å². The summed E-state index contributed by atoms with van der Waals surface area (Å²) in [7, 11) is -2.63. The third-order valence-electron chi connectivity index (χ3n) is 5.39. The van der Waals surface area contributed by atoms with E-state index in [4.69, 9.17) is 4.74 Å². The number of carbonyl (C=O) groups excluding carboxylic acids is 2. The molecule has 7 nitrogen and oxygen atoms in total. The quantitative estimate of drug-likeness (QED) is 0.269. The summed E-state index contributed by atoms with van der Waals surface area (Å²) in [5, 5.41) is 0. The van der Waals surface area contributed by atoms with Gasteiger partial charge in [-0.25, -0.2) is 13.2 Å². The van der Waals surface area contributed by atoms with Gasteiger partial charge in [0.05, 0.1) is 11.3 Å². The molecule has 0 saturated heterocycles. The van der Waals surface area contributed by atoms with Crippen molar-refractivity contribution >= 4 is 27.5 Å². The molecule has 0 fully saturated rings. The Labute approximate surface area is 194 Å². The van der Waals surface area contributed by atoms with E-state index in [1.807, 2.05) is 18.4 Å². The number of hydrogen-bond donors (Lipinski definition) is 0. The number of Topliss-reactive ketones (excluding diaryl/α,β-unsaturated/α-hetero) is 1. The van der Waals surface area contributed by atoms with Crippen LogP contribution in [0.25, 0.3) is 0 Å². The second-order valence-electron chi connectivity index (χ2n) is 7.49. The van der Waals surface area contributed by atoms with Crippen molar-refractivity contribution < 1.29 is 22.7 Å². The van der Waals surface area contributed by atoms with Gasteiger partial charge in [-0.1, -0.05) is 36.4 Å². The molecule has 3 aromatic rings. The minimum absolute atomic E-state index is 0.134. The number of aromatic nitrogens is 1. The highest BCUT2D eigenvalue weighted by molar-refractivity contribution is 7.92. The lowest BCUT2D eigenvalue weighted by atomic mass is 10.1. The molecule has 0 amide bonds. The molecule has 0 saturated carbocycles. The molecule has 0 bridgehead atoms. The number of sulfonamides is 1. The van der Waals surface area contributed by atoms with Gasteiger partial charge in [0.1, 0.15) is 4.90 Å². The van der Waals surface area contributed by atoms with Crippen LogP contribution in [0.1, 0.15) is 32.1 Å². The maximum atomic E-state index is 13.2. The third kappa shape index (κ3) is 4.90. The highest BCUT2D eigenvalue weighted by Crippen LogP contribution is 2.25. The van der Waals surface area contributed by atoms with Gasteiger partial charge >= 0.3 is 5.97 Å². The van der Waals surface area contributed by atoms with E-state index in [2.05, 4.69) is 6.58 Å². The number of para-hydroxylation sites is 1. The molecule has 8 heteroatoms. The van der Waals surface area contributed by atoms with Crippen molar-refractivity contribution in [1.82, 2.24) is 4.57 Å². The summed E-state index contributed by atoms with van der Waals surface area (Å²) < 4.78 is 34.7. The molecule has 0 atom stereocenters. The minimum atomic E-state index is -4.04. The molecule has 0 radical (unpaired) electrons. The Kier molecular flexibility index (Phi) is 7.18. The lowest BCUT2D eigenvalue weighted by molar-refractivity contribution is 0.0470. The molecule has 172 valence electrons. The molecule has 1 aromatic heterocycles. The van der Waals surface area contributed by atoms with Crippen LogP contribution in [0.15, 0.2) is 78.2 Å². The van der Waals surface area contributed by atoms with Crippen LogP contribution in [0.5, 0.6) is 0 Å². The number of ketones is 1. The Morgan fingerprint density at radius 1 is 1.03 bits per heavy atom. The molecule has 0 aliphatic carbocycles. The molecule has 0 aliphatic rings. The molecule has 0 N–H and O–H groups in total. The summed E-state index contributed by atoms with van der Waals surface area (Å²) in [6.07, 6.45) is 1.73. The number of esters is 1. The topological polar surface area (TPSA) is 85.7 Å². The van der Waals surface area contributed by atoms with Crippen molar-refractivity contribution in [1.29, 1.82) is 0 Å². The number of ether oxygens (including phenoxy) is 1. The number of aryl methyl sites for hydroxylation is 1. The van der Waals surface area contributed by atoms with E-state index in [-0.39, 0.29) is 16.2 Å². The van der Waals surface area contributed by atoms with E-state index in [1.54, 1.807) is 48.5 Å². The largest absolute Gasteiger partial charge is 0.454 e. The summed E-state index contributed by atoms with van der Waals surface area (Å²) in [4.78, 5) is 25.3. The lowest BCUT2D eigenvalue weighted by Crippen LogP contribution is -2.28. The van der Waals surface area contributed by atoms with Gasteiger partial charge in [-0.3, -0.25) is 9.10 Å². The average Bonchev–Trinajstić information content (AvgIpc) is 3.11. The van der Waals surface area contributed by atoms with Crippen molar-refractivity contribution in [2.75, 3.05) is 18.0 Å². The minimum Gasteiger partial charge on any atom is -0.454 e. The van der Waals surface area contributed by atoms with Crippen LogP contribution in [-0.2, 0) is 21.3 Å². The summed E-state index contributed by atoms with van der Waals surface area (Å²) >= 11 is 0. The second kappa shape index (κ2) is 9.87. The Bertz CT molecular complexity index is 1290. The van der Waals surface area contributed by atoms with Crippen LogP contribution in [0.4, 0.5) is 5.69 Å². The predicted octanol–water partition coefficient (Wildman–Crippen LogP) is 4.16. The van der Waals surface area contributed by atoms with Crippen LogP contribution in [-0.4, -0.2) is 38.4 Å². The standard InChI is InChI=1S/C25H26N2O5S/c1-5-15-27-18(2)16-22(19(27)3)23(28)17-32-25(29)21-13-9-10-14-24(21)33(30,31)26(4)20-11-7-6-8-12-20/h5-14,16H,1,15,17H2,2-4H3. The van der Waals surface area contributed by atoms with Crippen molar-refractivity contribution in [2.45, 2.75) is 25.3 Å². The Balaban J connectivity index is 1.82. The number of allylic oxidation sites excluding steroid dienone is 1. The van der Waals surface area contributed by atoms with Crippen LogP contribution >= 0.6 is 0 Å². The first-order valence-corrected chi connectivity index (χ1v) is 11.7. The Morgan fingerprint density at radius 3 is 2.33 bits per heavy atom. The fourth-order valence-electron chi connectivity index (χ4n) is 3.56. The van der Waals surface area contributed by atoms with Gasteiger partial charge in [-0.15, -0.1) is 6.58 Å². The fraction of sp³-hybridized carbons (Fsp3) is 0.200. The predicted molar refractivity (Wildman–Crippen MR) is 127 cm³/mol. The number of anilines is 1. The molecular formula is C25H26N2O5S. The van der Waals surface area contributed by atoms with Crippen molar-refractivity contribution in [3.63, 3.8) is 0 Å². The second-order valence-corrected chi connectivity index (χ2v) is 9.43. The monoisotopic (exact) mass is 466 g/mol. The van der Waals surface area contributed by atoms with Crippen molar-refractivity contribution in [3.8, 4) is 0 Å². The summed E-state index contributed by atoms with van der Waals surface area (Å²) in [6, 6.07) is 16.1. The maximum absolute atomic E-state index is 13.2. The number of nitrogens with zero attached hydrogens (tertiary/aromatic N) is 2. The Hall–Kier alpha value is -3.65. The molecule has 0 unspecified atom stereocenters. The number of carbonyl (C=O) groups is 2. The first kappa shape index (κ1) is 24.0. The highest BCUT2D eigenvalue weighted by Gasteiger charge is 2.28. The maximum Gasteiger partial charge on any atom is 0.339 e. The van der Waals surface area contributed by atoms with E-state index in [9.17, 15) is 18.0 Å². The lowest BCUT2D eigenvalue weighted by Gasteiger charge is -2.20. The number of rotatable bonds is 9. The zero-order valence-electron chi connectivity index (χ0n) is 18.8. The molecule has 1 heterocycles. The van der Waals surface area contributed by atoms with Gasteiger partial charge in [0.25, 0.3) is 10.0 Å². The third-order valence-corrected chi connectivity index (χ3v) is 7.23. The first-order chi connectivity index (χ1) is 15.7. The zero-order valence-corrected chi connectivity index (χ0v) is 19.6. The average molecular weight is 467 g/mol. The summed E-state index contributed by atoms with van der Waals surface area (Å²) in [5.41, 5.74) is 2.41. The van der Waals surface area contributed by atoms with Crippen LogP contribution in [0.2, 0.25) is 0 Å². The molecule has 3 rings (SSSR count). The SMILES string of the molecule is C=CCn1c(C)cc(C(=O)COC(=O)c2ccccc2S(=O)(=O)N(C)c2ccccc2)c1C. The molecule has 33 heavy (non-hydrogen) atoms. The van der Waals surface area contributed by atoms with Crippen molar-refractivity contribution in [2.24, 2.45) is 0 Å². The van der Waals surface area contributed by atoms with Gasteiger partial charge in [-0.2, -0.15) is 0 Å². The van der Waals surface area contributed by atoms with Crippen molar-refractivity contribution in [3.05, 3.63) is 95.8 Å². The van der Waals surface area contributed by atoms with Gasteiger partial charge in [0.2, 0.25) is 5.78 Å². The van der Waals surface area contributed by atoms with E-state index < -0.39 is 22.6 Å². The molecule has 0 aliphatic heterocycles. The van der Waals surface area contributed by atoms with Gasteiger partial charge in [-0.05, 0) is 44.2 Å². The Morgan fingerprint density at radius 2 is 1.67 bits per heavy atom. The van der Waals surface area contributed by atoms with E-state index >= 15 is 0 Å². The van der Waals surface area contributed by atoms with Crippen LogP contribution in [0, 0.1) is 13.8 Å². The van der Waals surface area contributed by atoms with Crippen LogP contribution < -0.4 is 4.31 Å². The highest BCUT2D eigenvalue weighted by atomic mass is 32.2. The molecular weight excluding hydrogens is 440 g/mol. The number of benzene rings is 2. The van der Waals surface area contributed by atoms with Gasteiger partial charge in [0, 0.05) is 30.5 Å². The van der Waals surface area contributed by atoms with Gasteiger partial charge < -0.3 is 9.30 Å². The fourth-order valence-corrected chi connectivity index (χ4v) is 4.94. The smallest absolute Gasteiger partial charge is 0.339 e. The van der Waals surface area contributed by atoms with E-state index in [0.717, 1.165) is 15.7 Å². The summed E-state index contributed by atoms with van der Waals surface area (Å²) in [5.74, 6) is -1.25. The van der Waals surface area contributed by atoms with E-state index in [0.29, 0.717) is 17.8 Å².